The van der Waals surface area contributed by atoms with E-state index >= 15 is 0 Å². The van der Waals surface area contributed by atoms with Gasteiger partial charge in [0.15, 0.2) is 5.11 Å². The van der Waals surface area contributed by atoms with Crippen molar-refractivity contribution in [2.45, 2.75) is 27.2 Å². The van der Waals surface area contributed by atoms with Gasteiger partial charge in [-0.25, -0.2) is 0 Å². The van der Waals surface area contributed by atoms with Gasteiger partial charge in [-0.05, 0) is 31.5 Å². The normalized spacial score (nSPS) is 17.4. The minimum atomic E-state index is 0.705. The van der Waals surface area contributed by atoms with Crippen LogP contribution in [0.2, 0.25) is 0 Å². The summed E-state index contributed by atoms with van der Waals surface area (Å²) in [5.74, 6) is 0.705. The smallest absolute Gasteiger partial charge is 0.176 e. The van der Waals surface area contributed by atoms with Crippen LogP contribution >= 0.6 is 24.4 Å². The quantitative estimate of drug-likeness (QED) is 0.683. The van der Waals surface area contributed by atoms with Crippen molar-refractivity contribution in [3.8, 4) is 0 Å². The molecule has 80 valence electrons. The highest BCUT2D eigenvalue weighted by Crippen LogP contribution is 2.13. The first kappa shape index (κ1) is 11.9. The molecule has 0 amide bonds. The Morgan fingerprint density at radius 2 is 2.00 bits per heavy atom. The largest absolute Gasteiger partial charge is 0.342 e. The third kappa shape index (κ3) is 2.64. The van der Waals surface area contributed by atoms with Crippen LogP contribution in [-0.2, 0) is 0 Å². The number of rotatable bonds is 4. The van der Waals surface area contributed by atoms with Crippen molar-refractivity contribution in [3.05, 3.63) is 0 Å². The van der Waals surface area contributed by atoms with Crippen molar-refractivity contribution in [2.24, 2.45) is 5.92 Å². The Morgan fingerprint density at radius 3 is 2.43 bits per heavy atom. The molecule has 0 atom stereocenters. The molecule has 1 aliphatic heterocycles. The van der Waals surface area contributed by atoms with Gasteiger partial charge in [0.05, 0.1) is 6.54 Å². The Morgan fingerprint density at radius 1 is 1.36 bits per heavy atom. The van der Waals surface area contributed by atoms with Crippen LogP contribution in [0.1, 0.15) is 27.2 Å². The van der Waals surface area contributed by atoms with Crippen LogP contribution in [0.4, 0.5) is 0 Å². The molecule has 2 nitrogen and oxygen atoms in total. The summed E-state index contributed by atoms with van der Waals surface area (Å²) in [6.45, 7) is 9.33. The highest BCUT2D eigenvalue weighted by atomic mass is 32.1. The second kappa shape index (κ2) is 5.03. The Balaban J connectivity index is 2.52. The van der Waals surface area contributed by atoms with Gasteiger partial charge in [-0.1, -0.05) is 26.1 Å². The van der Waals surface area contributed by atoms with E-state index in [4.69, 9.17) is 24.4 Å². The molecule has 0 spiro atoms. The predicted molar refractivity (Wildman–Crippen MR) is 68.6 cm³/mol. The average Bonchev–Trinajstić information content (AvgIpc) is 2.39. The summed E-state index contributed by atoms with van der Waals surface area (Å²) in [6, 6.07) is 0. The molecule has 14 heavy (non-hydrogen) atoms. The van der Waals surface area contributed by atoms with Gasteiger partial charge in [0.25, 0.3) is 0 Å². The van der Waals surface area contributed by atoms with Crippen LogP contribution < -0.4 is 0 Å². The van der Waals surface area contributed by atoms with Crippen LogP contribution in [-0.4, -0.2) is 39.5 Å². The molecule has 0 aromatic rings. The number of hydrogen-bond acceptors (Lipinski definition) is 2. The lowest BCUT2D eigenvalue weighted by molar-refractivity contribution is 0.470. The SMILES string of the molecule is CCN1CC(=S)N(CCC(C)C)C1=S. The molecule has 0 radical (unpaired) electrons. The molecular weight excluding hydrogens is 212 g/mol. The van der Waals surface area contributed by atoms with E-state index in [1.165, 1.54) is 0 Å². The summed E-state index contributed by atoms with van der Waals surface area (Å²) in [6.07, 6.45) is 1.15. The van der Waals surface area contributed by atoms with Gasteiger partial charge in [-0.2, -0.15) is 0 Å². The monoisotopic (exact) mass is 230 g/mol. The molecule has 1 saturated heterocycles. The molecule has 0 aromatic heterocycles. The summed E-state index contributed by atoms with van der Waals surface area (Å²) in [5.41, 5.74) is 0. The molecule has 1 rings (SSSR count). The van der Waals surface area contributed by atoms with E-state index in [9.17, 15) is 0 Å². The lowest BCUT2D eigenvalue weighted by Gasteiger charge is -2.20. The zero-order valence-electron chi connectivity index (χ0n) is 9.12. The average molecular weight is 230 g/mol. The van der Waals surface area contributed by atoms with E-state index < -0.39 is 0 Å². The van der Waals surface area contributed by atoms with Gasteiger partial charge in [-0.15, -0.1) is 0 Å². The van der Waals surface area contributed by atoms with Crippen LogP contribution in [0, 0.1) is 5.92 Å². The van der Waals surface area contributed by atoms with E-state index in [0.717, 1.165) is 36.2 Å². The summed E-state index contributed by atoms with van der Waals surface area (Å²) >= 11 is 10.7. The van der Waals surface area contributed by atoms with E-state index in [2.05, 4.69) is 30.6 Å². The fraction of sp³-hybridized carbons (Fsp3) is 0.800. The van der Waals surface area contributed by atoms with Crippen molar-refractivity contribution in [2.75, 3.05) is 19.6 Å². The highest BCUT2D eigenvalue weighted by molar-refractivity contribution is 7.82. The standard InChI is InChI=1S/C10H18N2S2/c1-4-11-7-9(13)12(10(11)14)6-5-8(2)3/h8H,4-7H2,1-3H3. The fourth-order valence-electron chi connectivity index (χ4n) is 1.45. The van der Waals surface area contributed by atoms with Gasteiger partial charge < -0.3 is 9.80 Å². The third-order valence-corrected chi connectivity index (χ3v) is 3.27. The first-order chi connectivity index (χ1) is 6.56. The lowest BCUT2D eigenvalue weighted by atomic mass is 10.1. The Bertz CT molecular complexity index is 238. The second-order valence-electron chi connectivity index (χ2n) is 4.02. The zero-order chi connectivity index (χ0) is 10.7. The minimum Gasteiger partial charge on any atom is -0.342 e. The van der Waals surface area contributed by atoms with Gasteiger partial charge in [-0.3, -0.25) is 0 Å². The van der Waals surface area contributed by atoms with Crippen LogP contribution in [0.5, 0.6) is 0 Å². The third-order valence-electron chi connectivity index (χ3n) is 2.44. The number of likely N-dealkylation sites (N-methyl/N-ethyl adjacent to an activating group) is 1. The maximum atomic E-state index is 5.35. The molecule has 0 N–H and O–H groups in total. The van der Waals surface area contributed by atoms with Gasteiger partial charge >= 0.3 is 0 Å². The van der Waals surface area contributed by atoms with Crippen LogP contribution in [0.25, 0.3) is 0 Å². The fourth-order valence-corrected chi connectivity index (χ4v) is 2.23. The van der Waals surface area contributed by atoms with Crippen LogP contribution in [0.15, 0.2) is 0 Å². The maximum absolute atomic E-state index is 5.35. The lowest BCUT2D eigenvalue weighted by Crippen LogP contribution is -2.33. The van der Waals surface area contributed by atoms with Crippen molar-refractivity contribution in [3.63, 3.8) is 0 Å². The summed E-state index contributed by atoms with van der Waals surface area (Å²) in [5, 5.41) is 0.915. The van der Waals surface area contributed by atoms with Crippen molar-refractivity contribution < 1.29 is 0 Å². The molecule has 1 aliphatic rings. The van der Waals surface area contributed by atoms with Crippen molar-refractivity contribution in [1.82, 2.24) is 9.80 Å². The topological polar surface area (TPSA) is 6.48 Å². The summed E-state index contributed by atoms with van der Waals surface area (Å²) in [7, 11) is 0. The maximum Gasteiger partial charge on any atom is 0.176 e. The number of hydrogen-bond donors (Lipinski definition) is 0. The van der Waals surface area contributed by atoms with Crippen molar-refractivity contribution in [1.29, 1.82) is 0 Å². The molecule has 0 bridgehead atoms. The zero-order valence-corrected chi connectivity index (χ0v) is 10.7. The Kier molecular flexibility index (Phi) is 4.26. The van der Waals surface area contributed by atoms with Gasteiger partial charge in [0.1, 0.15) is 4.99 Å². The minimum absolute atomic E-state index is 0.705. The van der Waals surface area contributed by atoms with Gasteiger partial charge in [0.2, 0.25) is 0 Å². The van der Waals surface area contributed by atoms with E-state index in [0.29, 0.717) is 5.92 Å². The number of nitrogens with zero attached hydrogens (tertiary/aromatic N) is 2. The molecule has 0 saturated carbocycles. The van der Waals surface area contributed by atoms with Crippen molar-refractivity contribution >= 4 is 34.5 Å². The Hall–Kier alpha value is -0.220. The van der Waals surface area contributed by atoms with E-state index in [-0.39, 0.29) is 0 Å². The summed E-state index contributed by atoms with van der Waals surface area (Å²) < 4.78 is 0. The molecule has 0 unspecified atom stereocenters. The predicted octanol–water partition coefficient (Wildman–Crippen LogP) is 2.28. The molecular formula is C10H18N2S2. The summed E-state index contributed by atoms with van der Waals surface area (Å²) in [4.78, 5) is 5.24. The number of thiocarbonyl (C=S) groups is 2. The Labute approximate surface area is 97.3 Å². The molecule has 1 heterocycles. The molecule has 0 aliphatic carbocycles. The first-order valence-corrected chi connectivity index (χ1v) is 5.97. The van der Waals surface area contributed by atoms with Crippen LogP contribution in [0.3, 0.4) is 0 Å². The molecule has 0 aromatic carbocycles. The van der Waals surface area contributed by atoms with Gasteiger partial charge in [0, 0.05) is 13.1 Å². The first-order valence-electron chi connectivity index (χ1n) is 5.15. The van der Waals surface area contributed by atoms with E-state index in [1.54, 1.807) is 0 Å². The molecule has 1 fully saturated rings. The highest BCUT2D eigenvalue weighted by Gasteiger charge is 2.27. The van der Waals surface area contributed by atoms with E-state index in [1.807, 2.05) is 0 Å². The second-order valence-corrected chi connectivity index (χ2v) is 4.86. The molecule has 4 heteroatoms.